The number of anilines is 1. The first-order valence-corrected chi connectivity index (χ1v) is 11.8. The van der Waals surface area contributed by atoms with Gasteiger partial charge >= 0.3 is 0 Å². The van der Waals surface area contributed by atoms with Crippen LogP contribution in [0, 0.1) is 5.41 Å². The van der Waals surface area contributed by atoms with Crippen LogP contribution in [-0.4, -0.2) is 58.6 Å². The maximum Gasteiger partial charge on any atom is 0.191 e. The summed E-state index contributed by atoms with van der Waals surface area (Å²) < 4.78 is 22.9. The second-order valence-corrected chi connectivity index (χ2v) is 10.4. The summed E-state index contributed by atoms with van der Waals surface area (Å²) in [5.41, 5.74) is 1.10. The van der Waals surface area contributed by atoms with Crippen molar-refractivity contribution >= 4 is 45.5 Å². The Kier molecular flexibility index (Phi) is 10.0. The molecular formula is C20H35IN4O2S. The minimum absolute atomic E-state index is 0. The number of aliphatic imine (C=N–C) groups is 1. The van der Waals surface area contributed by atoms with Crippen LogP contribution in [0.25, 0.3) is 0 Å². The van der Waals surface area contributed by atoms with E-state index in [-0.39, 0.29) is 35.1 Å². The zero-order valence-corrected chi connectivity index (χ0v) is 20.6. The SMILES string of the molecule is CCNC(=NCC(C)(C)CCS(C)(=O)=O)NC1CCN(c2ccccc2)C1.I. The van der Waals surface area contributed by atoms with Gasteiger partial charge in [0, 0.05) is 44.2 Å². The van der Waals surface area contributed by atoms with Gasteiger partial charge in [-0.15, -0.1) is 24.0 Å². The lowest BCUT2D eigenvalue weighted by atomic mass is 9.90. The quantitative estimate of drug-likeness (QED) is 0.312. The molecule has 1 fully saturated rings. The molecule has 1 atom stereocenters. The second kappa shape index (κ2) is 11.2. The molecule has 0 aromatic heterocycles. The minimum Gasteiger partial charge on any atom is -0.369 e. The highest BCUT2D eigenvalue weighted by Gasteiger charge is 2.24. The first-order chi connectivity index (χ1) is 12.7. The summed E-state index contributed by atoms with van der Waals surface area (Å²) in [7, 11) is -2.94. The number of hydrogen-bond donors (Lipinski definition) is 2. The molecule has 2 N–H and O–H groups in total. The van der Waals surface area contributed by atoms with E-state index in [9.17, 15) is 8.42 Å². The number of guanidine groups is 1. The molecule has 8 heteroatoms. The number of para-hydroxylation sites is 1. The van der Waals surface area contributed by atoms with Gasteiger partial charge in [-0.3, -0.25) is 4.99 Å². The highest BCUT2D eigenvalue weighted by atomic mass is 127. The summed E-state index contributed by atoms with van der Waals surface area (Å²) in [5.74, 6) is 1.01. The zero-order valence-electron chi connectivity index (χ0n) is 17.4. The Bertz CT molecular complexity index is 723. The van der Waals surface area contributed by atoms with Gasteiger partial charge < -0.3 is 15.5 Å². The number of sulfone groups is 1. The Morgan fingerprint density at radius 2 is 1.96 bits per heavy atom. The van der Waals surface area contributed by atoms with Crippen molar-refractivity contribution in [3.05, 3.63) is 30.3 Å². The molecule has 1 aromatic carbocycles. The molecule has 1 unspecified atom stereocenters. The number of benzene rings is 1. The van der Waals surface area contributed by atoms with E-state index < -0.39 is 9.84 Å². The number of hydrogen-bond acceptors (Lipinski definition) is 4. The van der Waals surface area contributed by atoms with Crippen molar-refractivity contribution in [1.29, 1.82) is 0 Å². The van der Waals surface area contributed by atoms with Gasteiger partial charge in [-0.25, -0.2) is 8.42 Å². The van der Waals surface area contributed by atoms with Crippen LogP contribution in [0.4, 0.5) is 5.69 Å². The minimum atomic E-state index is -2.94. The van der Waals surface area contributed by atoms with E-state index in [2.05, 4.69) is 60.6 Å². The average molecular weight is 522 g/mol. The standard InChI is InChI=1S/C20H34N4O2S.HI/c1-5-21-19(22-16-20(2,3)12-14-27(4,25)26)23-17-11-13-24(15-17)18-9-7-6-8-10-18;/h6-10,17H,5,11-16H2,1-4H3,(H2,21,22,23);1H. The topological polar surface area (TPSA) is 73.8 Å². The first kappa shape index (κ1) is 25.0. The molecule has 1 aliphatic rings. The lowest BCUT2D eigenvalue weighted by Gasteiger charge is -2.24. The van der Waals surface area contributed by atoms with Crippen molar-refractivity contribution < 1.29 is 8.42 Å². The van der Waals surface area contributed by atoms with Crippen molar-refractivity contribution in [3.8, 4) is 0 Å². The summed E-state index contributed by atoms with van der Waals surface area (Å²) in [6, 6.07) is 10.8. The van der Waals surface area contributed by atoms with E-state index in [1.807, 2.05) is 6.07 Å². The highest BCUT2D eigenvalue weighted by Crippen LogP contribution is 2.22. The largest absolute Gasteiger partial charge is 0.369 e. The second-order valence-electron chi connectivity index (χ2n) is 8.15. The van der Waals surface area contributed by atoms with Gasteiger partial charge in [0.25, 0.3) is 0 Å². The lowest BCUT2D eigenvalue weighted by molar-refractivity contribution is 0.365. The van der Waals surface area contributed by atoms with E-state index in [0.717, 1.165) is 32.0 Å². The van der Waals surface area contributed by atoms with Crippen molar-refractivity contribution in [2.24, 2.45) is 10.4 Å². The van der Waals surface area contributed by atoms with Gasteiger partial charge in [0.05, 0.1) is 5.75 Å². The van der Waals surface area contributed by atoms with Crippen molar-refractivity contribution in [2.75, 3.05) is 43.1 Å². The molecule has 1 heterocycles. The monoisotopic (exact) mass is 522 g/mol. The molecule has 1 saturated heterocycles. The predicted octanol–water partition coefficient (Wildman–Crippen LogP) is 2.90. The van der Waals surface area contributed by atoms with Gasteiger partial charge in [-0.1, -0.05) is 32.0 Å². The van der Waals surface area contributed by atoms with Gasteiger partial charge in [0.2, 0.25) is 0 Å². The van der Waals surface area contributed by atoms with Crippen molar-refractivity contribution in [1.82, 2.24) is 10.6 Å². The normalized spacial score (nSPS) is 17.9. The maximum absolute atomic E-state index is 11.4. The Hall–Kier alpha value is -1.03. The summed E-state index contributed by atoms with van der Waals surface area (Å²) in [6.45, 7) is 9.55. The van der Waals surface area contributed by atoms with Crippen LogP contribution in [0.3, 0.4) is 0 Å². The molecule has 0 spiro atoms. The Balaban J connectivity index is 0.00000392. The molecule has 0 amide bonds. The van der Waals surface area contributed by atoms with E-state index >= 15 is 0 Å². The molecule has 1 aromatic rings. The first-order valence-electron chi connectivity index (χ1n) is 9.71. The van der Waals surface area contributed by atoms with Crippen LogP contribution < -0.4 is 15.5 Å². The molecule has 0 aliphatic carbocycles. The van der Waals surface area contributed by atoms with Gasteiger partial charge in [-0.05, 0) is 37.3 Å². The fraction of sp³-hybridized carbons (Fsp3) is 0.650. The molecular weight excluding hydrogens is 487 g/mol. The number of halogens is 1. The molecule has 28 heavy (non-hydrogen) atoms. The van der Waals surface area contributed by atoms with Gasteiger partial charge in [0.15, 0.2) is 5.96 Å². The van der Waals surface area contributed by atoms with Crippen LogP contribution in [-0.2, 0) is 9.84 Å². The summed E-state index contributed by atoms with van der Waals surface area (Å²) in [4.78, 5) is 7.11. The summed E-state index contributed by atoms with van der Waals surface area (Å²) in [6.07, 6.45) is 2.97. The molecule has 160 valence electrons. The number of nitrogens with one attached hydrogen (secondary N) is 2. The molecule has 0 bridgehead atoms. The number of nitrogens with zero attached hydrogens (tertiary/aromatic N) is 2. The van der Waals surface area contributed by atoms with Crippen LogP contribution in [0.15, 0.2) is 35.3 Å². The Morgan fingerprint density at radius 3 is 2.57 bits per heavy atom. The van der Waals surface area contributed by atoms with Crippen LogP contribution in [0.1, 0.15) is 33.6 Å². The number of rotatable bonds is 8. The lowest BCUT2D eigenvalue weighted by Crippen LogP contribution is -2.45. The molecule has 1 aliphatic heterocycles. The van der Waals surface area contributed by atoms with E-state index in [1.165, 1.54) is 11.9 Å². The Labute approximate surface area is 187 Å². The molecule has 2 rings (SSSR count). The summed E-state index contributed by atoms with van der Waals surface area (Å²) >= 11 is 0. The molecule has 0 radical (unpaired) electrons. The van der Waals surface area contributed by atoms with Crippen LogP contribution >= 0.6 is 24.0 Å². The van der Waals surface area contributed by atoms with Crippen LogP contribution in [0.5, 0.6) is 0 Å². The smallest absolute Gasteiger partial charge is 0.191 e. The maximum atomic E-state index is 11.4. The van der Waals surface area contributed by atoms with Crippen LogP contribution in [0.2, 0.25) is 0 Å². The average Bonchev–Trinajstić information content (AvgIpc) is 3.07. The fourth-order valence-electron chi connectivity index (χ4n) is 3.10. The molecule has 6 nitrogen and oxygen atoms in total. The van der Waals surface area contributed by atoms with Gasteiger partial charge in [0.1, 0.15) is 9.84 Å². The Morgan fingerprint density at radius 1 is 1.29 bits per heavy atom. The zero-order chi connectivity index (χ0) is 19.9. The third kappa shape index (κ3) is 8.98. The highest BCUT2D eigenvalue weighted by molar-refractivity contribution is 14.0. The van der Waals surface area contributed by atoms with E-state index in [0.29, 0.717) is 19.0 Å². The third-order valence-corrected chi connectivity index (χ3v) is 5.76. The third-order valence-electron chi connectivity index (χ3n) is 4.81. The summed E-state index contributed by atoms with van der Waals surface area (Å²) in [5, 5.41) is 6.85. The van der Waals surface area contributed by atoms with Crippen molar-refractivity contribution in [2.45, 2.75) is 39.7 Å². The molecule has 0 saturated carbocycles. The fourth-order valence-corrected chi connectivity index (χ4v) is 4.02. The predicted molar refractivity (Wildman–Crippen MR) is 130 cm³/mol. The van der Waals surface area contributed by atoms with Gasteiger partial charge in [-0.2, -0.15) is 0 Å². The van der Waals surface area contributed by atoms with E-state index in [1.54, 1.807) is 0 Å². The van der Waals surface area contributed by atoms with Crippen molar-refractivity contribution in [3.63, 3.8) is 0 Å². The van der Waals surface area contributed by atoms with E-state index in [4.69, 9.17) is 4.99 Å².